The molecule has 5 heteroatoms. The Labute approximate surface area is 174 Å². The van der Waals surface area contributed by atoms with Gasteiger partial charge in [-0.2, -0.15) is 0 Å². The number of carbonyl (C=O) groups is 2. The molecular weight excluding hydrogens is 362 g/mol. The van der Waals surface area contributed by atoms with E-state index in [0.717, 1.165) is 64.0 Å². The Morgan fingerprint density at radius 1 is 1.03 bits per heavy atom. The predicted octanol–water partition coefficient (Wildman–Crippen LogP) is 2.77. The number of likely N-dealkylation sites (tertiary alicyclic amines) is 2. The van der Waals surface area contributed by atoms with Gasteiger partial charge >= 0.3 is 0 Å². The number of rotatable bonds is 6. The molecule has 0 aliphatic carbocycles. The van der Waals surface area contributed by atoms with E-state index in [-0.39, 0.29) is 5.91 Å². The van der Waals surface area contributed by atoms with E-state index in [2.05, 4.69) is 41.4 Å². The van der Waals surface area contributed by atoms with E-state index in [4.69, 9.17) is 0 Å². The molecule has 5 nitrogen and oxygen atoms in total. The minimum absolute atomic E-state index is 0.258. The van der Waals surface area contributed by atoms with E-state index in [1.165, 1.54) is 12.0 Å². The van der Waals surface area contributed by atoms with Crippen LogP contribution in [0.5, 0.6) is 0 Å². The average molecular weight is 398 g/mol. The molecule has 0 radical (unpaired) electrons. The Morgan fingerprint density at radius 2 is 1.79 bits per heavy atom. The number of aryl methyl sites for hydroxylation is 1. The fraction of sp³-hybridized carbons (Fsp3) is 0.667. The largest absolute Gasteiger partial charge is 0.343 e. The minimum Gasteiger partial charge on any atom is -0.343 e. The first kappa shape index (κ1) is 20.4. The Morgan fingerprint density at radius 3 is 2.55 bits per heavy atom. The number of fused-ring (bicyclic) bond motifs is 2. The van der Waals surface area contributed by atoms with E-state index >= 15 is 0 Å². The van der Waals surface area contributed by atoms with Crippen molar-refractivity contribution in [3.05, 3.63) is 35.4 Å². The molecule has 29 heavy (non-hydrogen) atoms. The molecule has 2 bridgehead atoms. The molecule has 2 amide bonds. The molecule has 1 N–H and O–H groups in total. The van der Waals surface area contributed by atoms with Gasteiger partial charge in [0.15, 0.2) is 0 Å². The lowest BCUT2D eigenvalue weighted by Crippen LogP contribution is -2.57. The first-order chi connectivity index (χ1) is 14.1. The molecule has 0 spiro atoms. The maximum absolute atomic E-state index is 12.9. The Bertz CT molecular complexity index is 711. The molecule has 1 aromatic carbocycles. The van der Waals surface area contributed by atoms with Gasteiger partial charge < -0.3 is 15.1 Å². The smallest absolute Gasteiger partial charge is 0.227 e. The van der Waals surface area contributed by atoms with Gasteiger partial charge in [-0.15, -0.1) is 0 Å². The highest BCUT2D eigenvalue weighted by atomic mass is 16.2. The molecule has 3 fully saturated rings. The van der Waals surface area contributed by atoms with Gasteiger partial charge in [-0.05, 0) is 63.0 Å². The summed E-state index contributed by atoms with van der Waals surface area (Å²) in [7, 11) is 0. The summed E-state index contributed by atoms with van der Waals surface area (Å²) in [4.78, 5) is 29.3. The quantitative estimate of drug-likeness (QED) is 0.803. The fourth-order valence-corrected chi connectivity index (χ4v) is 5.30. The maximum atomic E-state index is 12.9. The average Bonchev–Trinajstić information content (AvgIpc) is 3.26. The SMILES string of the molecule is Cc1ccc(CC(=O)N2CC3CN[C@H](CCCC(=O)N4CCCC4)C(C3)C2)cc1. The molecule has 2 unspecified atom stereocenters. The van der Waals surface area contributed by atoms with Crippen molar-refractivity contribution in [2.24, 2.45) is 11.8 Å². The summed E-state index contributed by atoms with van der Waals surface area (Å²) in [6.07, 6.45) is 6.69. The Kier molecular flexibility index (Phi) is 6.53. The summed E-state index contributed by atoms with van der Waals surface area (Å²) < 4.78 is 0. The van der Waals surface area contributed by atoms with Gasteiger partial charge in [-0.25, -0.2) is 0 Å². The predicted molar refractivity (Wildman–Crippen MR) is 115 cm³/mol. The molecule has 1 aromatic rings. The minimum atomic E-state index is 0.258. The lowest BCUT2D eigenvalue weighted by molar-refractivity contribution is -0.134. The van der Waals surface area contributed by atoms with E-state index in [9.17, 15) is 9.59 Å². The van der Waals surface area contributed by atoms with Crippen LogP contribution in [0, 0.1) is 18.8 Å². The maximum Gasteiger partial charge on any atom is 0.227 e. The number of benzene rings is 1. The van der Waals surface area contributed by atoms with Crippen LogP contribution >= 0.6 is 0 Å². The number of piperidine rings is 2. The van der Waals surface area contributed by atoms with Crippen LogP contribution in [0.2, 0.25) is 0 Å². The number of nitrogens with one attached hydrogen (secondary N) is 1. The zero-order valence-corrected chi connectivity index (χ0v) is 17.7. The number of hydrogen-bond donors (Lipinski definition) is 1. The number of amides is 2. The van der Waals surface area contributed by atoms with Crippen molar-refractivity contribution < 1.29 is 9.59 Å². The highest BCUT2D eigenvalue weighted by Crippen LogP contribution is 2.31. The van der Waals surface area contributed by atoms with Crippen LogP contribution in [0.4, 0.5) is 0 Å². The summed E-state index contributed by atoms with van der Waals surface area (Å²) in [5.74, 6) is 1.67. The van der Waals surface area contributed by atoms with Crippen molar-refractivity contribution >= 4 is 11.8 Å². The van der Waals surface area contributed by atoms with Gasteiger partial charge in [0.05, 0.1) is 6.42 Å². The van der Waals surface area contributed by atoms with E-state index in [0.29, 0.717) is 36.6 Å². The monoisotopic (exact) mass is 397 g/mol. The van der Waals surface area contributed by atoms with Gasteiger partial charge in [0.2, 0.25) is 11.8 Å². The fourth-order valence-electron chi connectivity index (χ4n) is 5.30. The lowest BCUT2D eigenvalue weighted by Gasteiger charge is -2.46. The van der Waals surface area contributed by atoms with Crippen LogP contribution < -0.4 is 5.32 Å². The van der Waals surface area contributed by atoms with Crippen molar-refractivity contribution in [2.45, 2.75) is 57.9 Å². The van der Waals surface area contributed by atoms with Gasteiger partial charge in [-0.1, -0.05) is 29.8 Å². The standard InChI is InChI=1S/C24H35N3O2/c1-18-7-9-19(10-8-18)14-24(29)27-16-20-13-21(17-27)22(25-15-20)5-4-6-23(28)26-11-2-3-12-26/h7-10,20-22,25H,2-6,11-17H2,1H3/t20?,21?,22-/m1/s1. The summed E-state index contributed by atoms with van der Waals surface area (Å²) in [5, 5.41) is 3.72. The molecule has 3 aliphatic rings. The molecule has 3 aliphatic heterocycles. The highest BCUT2D eigenvalue weighted by Gasteiger charge is 2.37. The number of hydrogen-bond acceptors (Lipinski definition) is 3. The third kappa shape index (κ3) is 5.19. The van der Waals surface area contributed by atoms with Crippen LogP contribution in [0.1, 0.15) is 49.7 Å². The van der Waals surface area contributed by atoms with E-state index < -0.39 is 0 Å². The molecule has 0 aromatic heterocycles. The second-order valence-electron chi connectivity index (χ2n) is 9.32. The molecule has 3 heterocycles. The second-order valence-corrected chi connectivity index (χ2v) is 9.32. The van der Waals surface area contributed by atoms with Gasteiger partial charge in [0.25, 0.3) is 0 Å². The van der Waals surface area contributed by atoms with Crippen LogP contribution in [0.25, 0.3) is 0 Å². The third-order valence-electron chi connectivity index (χ3n) is 7.00. The van der Waals surface area contributed by atoms with Crippen LogP contribution in [-0.4, -0.2) is 60.4 Å². The van der Waals surface area contributed by atoms with E-state index in [1.54, 1.807) is 0 Å². The summed E-state index contributed by atoms with van der Waals surface area (Å²) in [6, 6.07) is 8.74. The molecular formula is C24H35N3O2. The molecule has 3 atom stereocenters. The normalized spacial score (nSPS) is 26.6. The van der Waals surface area contributed by atoms with Crippen molar-refractivity contribution in [2.75, 3.05) is 32.7 Å². The topological polar surface area (TPSA) is 52.7 Å². The molecule has 4 rings (SSSR count). The van der Waals surface area contributed by atoms with Crippen molar-refractivity contribution in [1.82, 2.24) is 15.1 Å². The summed E-state index contributed by atoms with van der Waals surface area (Å²) in [6.45, 7) is 6.71. The molecule has 0 saturated carbocycles. The zero-order valence-electron chi connectivity index (χ0n) is 17.7. The van der Waals surface area contributed by atoms with Crippen molar-refractivity contribution in [1.29, 1.82) is 0 Å². The van der Waals surface area contributed by atoms with Gasteiger partial charge in [-0.3, -0.25) is 9.59 Å². The molecule has 3 saturated heterocycles. The Balaban J connectivity index is 1.26. The number of carbonyl (C=O) groups excluding carboxylic acids is 2. The highest BCUT2D eigenvalue weighted by molar-refractivity contribution is 5.79. The second kappa shape index (κ2) is 9.29. The summed E-state index contributed by atoms with van der Waals surface area (Å²) >= 11 is 0. The zero-order chi connectivity index (χ0) is 20.2. The first-order valence-electron chi connectivity index (χ1n) is 11.4. The summed E-state index contributed by atoms with van der Waals surface area (Å²) in [5.41, 5.74) is 2.33. The van der Waals surface area contributed by atoms with Gasteiger partial charge in [0.1, 0.15) is 0 Å². The first-order valence-corrected chi connectivity index (χ1v) is 11.4. The Hall–Kier alpha value is -1.88. The van der Waals surface area contributed by atoms with Crippen LogP contribution in [0.15, 0.2) is 24.3 Å². The van der Waals surface area contributed by atoms with Crippen LogP contribution in [0.3, 0.4) is 0 Å². The van der Waals surface area contributed by atoms with Crippen molar-refractivity contribution in [3.63, 3.8) is 0 Å². The molecule has 158 valence electrons. The number of nitrogens with zero attached hydrogens (tertiary/aromatic N) is 2. The van der Waals surface area contributed by atoms with Crippen LogP contribution in [-0.2, 0) is 16.0 Å². The van der Waals surface area contributed by atoms with E-state index in [1.807, 2.05) is 4.90 Å². The third-order valence-corrected chi connectivity index (χ3v) is 7.00. The lowest BCUT2D eigenvalue weighted by atomic mass is 9.79. The van der Waals surface area contributed by atoms with Gasteiger partial charge in [0, 0.05) is 38.6 Å². The van der Waals surface area contributed by atoms with Crippen molar-refractivity contribution in [3.8, 4) is 0 Å².